The normalized spacial score (nSPS) is 18.2. The van der Waals surface area contributed by atoms with Crippen molar-refractivity contribution in [1.29, 1.82) is 0 Å². The monoisotopic (exact) mass is 572 g/mol. The lowest BCUT2D eigenvalue weighted by Gasteiger charge is -2.39. The van der Waals surface area contributed by atoms with Crippen LogP contribution < -0.4 is 9.47 Å². The number of hydrogen-bond acceptors (Lipinski definition) is 8. The average molecular weight is 573 g/mol. The number of carbonyl (C=O) groups is 1. The second-order valence-electron chi connectivity index (χ2n) is 10.8. The Morgan fingerprint density at radius 2 is 1.43 bits per heavy atom. The van der Waals surface area contributed by atoms with Crippen molar-refractivity contribution < 1.29 is 27.4 Å². The first kappa shape index (κ1) is 30.3. The predicted molar refractivity (Wildman–Crippen MR) is 156 cm³/mol. The molecule has 0 amide bonds. The SMILES string of the molecule is CCCCOc1ccc(S(=O)(=O)C2(C(=O)OC)CCN(Cc3ccc(OCCN4CCCCC4)cc3)CC2)cc1. The Hall–Kier alpha value is -2.62. The van der Waals surface area contributed by atoms with Gasteiger partial charge in [-0.15, -0.1) is 0 Å². The quantitative estimate of drug-likeness (QED) is 0.252. The number of esters is 1. The summed E-state index contributed by atoms with van der Waals surface area (Å²) in [6.45, 7) is 8.25. The van der Waals surface area contributed by atoms with Gasteiger partial charge in [0.2, 0.25) is 0 Å². The number of rotatable bonds is 13. The molecule has 2 fully saturated rings. The molecule has 40 heavy (non-hydrogen) atoms. The summed E-state index contributed by atoms with van der Waals surface area (Å²) in [4.78, 5) is 17.7. The molecular weight excluding hydrogens is 528 g/mol. The standard InChI is InChI=1S/C31H44N2O6S/c1-3-4-23-38-28-12-14-29(15-13-28)40(35,36)31(30(34)37-2)16-20-33(21-17-31)25-26-8-10-27(11-9-26)39-24-22-32-18-6-5-7-19-32/h8-15H,3-7,16-25H2,1-2H3. The minimum absolute atomic E-state index is 0.116. The van der Waals surface area contributed by atoms with E-state index in [9.17, 15) is 13.2 Å². The number of carbonyl (C=O) groups excluding carboxylic acids is 1. The summed E-state index contributed by atoms with van der Waals surface area (Å²) in [7, 11) is -2.72. The van der Waals surface area contributed by atoms with E-state index >= 15 is 0 Å². The van der Waals surface area contributed by atoms with E-state index in [-0.39, 0.29) is 17.7 Å². The zero-order valence-corrected chi connectivity index (χ0v) is 24.8. The lowest BCUT2D eigenvalue weighted by atomic mass is 9.95. The summed E-state index contributed by atoms with van der Waals surface area (Å²) in [5.41, 5.74) is 1.12. The van der Waals surface area contributed by atoms with Crippen LogP contribution in [-0.2, 0) is 25.9 Å². The summed E-state index contributed by atoms with van der Waals surface area (Å²) in [6.07, 6.45) is 6.18. The highest BCUT2D eigenvalue weighted by Gasteiger charge is 2.53. The molecule has 4 rings (SSSR count). The first-order valence-electron chi connectivity index (χ1n) is 14.6. The van der Waals surface area contributed by atoms with Crippen molar-refractivity contribution in [2.75, 3.05) is 53.0 Å². The van der Waals surface area contributed by atoms with Crippen LogP contribution in [-0.4, -0.2) is 82.0 Å². The van der Waals surface area contributed by atoms with Crippen LogP contribution in [0.4, 0.5) is 0 Å². The summed E-state index contributed by atoms with van der Waals surface area (Å²) in [5, 5.41) is 0. The summed E-state index contributed by atoms with van der Waals surface area (Å²) in [6, 6.07) is 14.5. The Labute approximate surface area is 239 Å². The van der Waals surface area contributed by atoms with E-state index in [1.165, 1.54) is 38.5 Å². The van der Waals surface area contributed by atoms with Gasteiger partial charge in [0, 0.05) is 26.2 Å². The van der Waals surface area contributed by atoms with Crippen molar-refractivity contribution in [3.05, 3.63) is 54.1 Å². The Bertz CT molecular complexity index is 1170. The Balaban J connectivity index is 1.33. The molecule has 0 N–H and O–H groups in total. The first-order chi connectivity index (χ1) is 19.4. The van der Waals surface area contributed by atoms with Gasteiger partial charge < -0.3 is 14.2 Å². The van der Waals surface area contributed by atoms with Crippen LogP contribution in [0.1, 0.15) is 57.4 Å². The molecule has 0 unspecified atom stereocenters. The number of ether oxygens (including phenoxy) is 3. The highest BCUT2D eigenvalue weighted by atomic mass is 32.2. The van der Waals surface area contributed by atoms with Crippen LogP contribution in [0.25, 0.3) is 0 Å². The molecule has 0 aromatic heterocycles. The topological polar surface area (TPSA) is 85.4 Å². The van der Waals surface area contributed by atoms with Crippen molar-refractivity contribution in [3.8, 4) is 11.5 Å². The smallest absolute Gasteiger partial charge is 0.327 e. The van der Waals surface area contributed by atoms with Gasteiger partial charge in [0.1, 0.15) is 18.1 Å². The highest BCUT2D eigenvalue weighted by molar-refractivity contribution is 7.93. The van der Waals surface area contributed by atoms with Gasteiger partial charge in [-0.2, -0.15) is 0 Å². The lowest BCUT2D eigenvalue weighted by molar-refractivity contribution is -0.145. The molecule has 2 heterocycles. The predicted octanol–water partition coefficient (Wildman–Crippen LogP) is 4.71. The van der Waals surface area contributed by atoms with Gasteiger partial charge in [-0.1, -0.05) is 31.9 Å². The Morgan fingerprint density at radius 1 is 0.825 bits per heavy atom. The fraction of sp³-hybridized carbons (Fsp3) is 0.581. The summed E-state index contributed by atoms with van der Waals surface area (Å²) in [5.74, 6) is 0.784. The zero-order valence-electron chi connectivity index (χ0n) is 24.0. The van der Waals surface area contributed by atoms with Gasteiger partial charge in [-0.05, 0) is 87.2 Å². The van der Waals surface area contributed by atoms with Crippen molar-refractivity contribution in [1.82, 2.24) is 9.80 Å². The third kappa shape index (κ3) is 7.36. The number of methoxy groups -OCH3 is 1. The third-order valence-electron chi connectivity index (χ3n) is 8.09. The third-order valence-corrected chi connectivity index (χ3v) is 10.6. The van der Waals surface area contributed by atoms with Crippen LogP contribution in [0.2, 0.25) is 0 Å². The fourth-order valence-corrected chi connectivity index (χ4v) is 7.51. The Morgan fingerprint density at radius 3 is 2.02 bits per heavy atom. The Kier molecular flexibility index (Phi) is 10.9. The van der Waals surface area contributed by atoms with Crippen molar-refractivity contribution in [2.45, 2.75) is 68.1 Å². The number of likely N-dealkylation sites (tertiary alicyclic amines) is 2. The van der Waals surface area contributed by atoms with E-state index in [0.29, 0.717) is 38.6 Å². The van der Waals surface area contributed by atoms with Gasteiger partial charge in [0.05, 0.1) is 18.6 Å². The molecule has 8 nitrogen and oxygen atoms in total. The van der Waals surface area contributed by atoms with Crippen molar-refractivity contribution in [3.63, 3.8) is 0 Å². The van der Waals surface area contributed by atoms with Gasteiger partial charge in [-0.3, -0.25) is 14.6 Å². The second kappa shape index (κ2) is 14.3. The van der Waals surface area contributed by atoms with Crippen molar-refractivity contribution in [2.24, 2.45) is 0 Å². The summed E-state index contributed by atoms with van der Waals surface area (Å²) < 4.78 is 42.7. The molecule has 0 bridgehead atoms. The molecule has 2 aliphatic heterocycles. The first-order valence-corrected chi connectivity index (χ1v) is 16.1. The van der Waals surface area contributed by atoms with Crippen molar-refractivity contribution >= 4 is 15.8 Å². The van der Waals surface area contributed by atoms with Crippen LogP contribution in [0.15, 0.2) is 53.4 Å². The molecular formula is C31H44N2O6S. The molecule has 0 spiro atoms. The molecule has 0 saturated carbocycles. The minimum Gasteiger partial charge on any atom is -0.494 e. The number of piperidine rings is 2. The largest absolute Gasteiger partial charge is 0.494 e. The molecule has 9 heteroatoms. The van der Waals surface area contributed by atoms with Gasteiger partial charge >= 0.3 is 5.97 Å². The van der Waals surface area contributed by atoms with Crippen LogP contribution in [0.5, 0.6) is 11.5 Å². The van der Waals surface area contributed by atoms with Gasteiger partial charge in [-0.25, -0.2) is 8.42 Å². The maximum atomic E-state index is 13.8. The van der Waals surface area contributed by atoms with Crippen LogP contribution in [0.3, 0.4) is 0 Å². The minimum atomic E-state index is -3.97. The van der Waals surface area contributed by atoms with Gasteiger partial charge in [0.25, 0.3) is 0 Å². The van der Waals surface area contributed by atoms with E-state index in [2.05, 4.69) is 28.9 Å². The van der Waals surface area contributed by atoms with E-state index in [0.717, 1.165) is 43.8 Å². The van der Waals surface area contributed by atoms with E-state index in [1.807, 2.05) is 12.1 Å². The number of hydrogen-bond donors (Lipinski definition) is 0. The van der Waals surface area contributed by atoms with E-state index in [4.69, 9.17) is 14.2 Å². The van der Waals surface area contributed by atoms with E-state index < -0.39 is 20.6 Å². The number of sulfone groups is 1. The number of unbranched alkanes of at least 4 members (excludes halogenated alkanes) is 1. The number of nitrogens with zero attached hydrogens (tertiary/aromatic N) is 2. The van der Waals surface area contributed by atoms with Crippen LogP contribution >= 0.6 is 0 Å². The molecule has 0 aliphatic carbocycles. The zero-order chi connectivity index (χ0) is 28.4. The maximum absolute atomic E-state index is 13.8. The number of benzene rings is 2. The summed E-state index contributed by atoms with van der Waals surface area (Å²) >= 11 is 0. The average Bonchev–Trinajstić information content (AvgIpc) is 2.99. The van der Waals surface area contributed by atoms with E-state index in [1.54, 1.807) is 12.1 Å². The lowest BCUT2D eigenvalue weighted by Crippen LogP contribution is -2.54. The van der Waals surface area contributed by atoms with Crippen LogP contribution in [0, 0.1) is 0 Å². The highest BCUT2D eigenvalue weighted by Crippen LogP contribution is 2.37. The molecule has 2 aromatic rings. The maximum Gasteiger partial charge on any atom is 0.327 e. The molecule has 0 atom stereocenters. The molecule has 2 aliphatic rings. The molecule has 2 aromatic carbocycles. The molecule has 220 valence electrons. The van der Waals surface area contributed by atoms with Gasteiger partial charge in [0.15, 0.2) is 14.6 Å². The molecule has 2 saturated heterocycles. The second-order valence-corrected chi connectivity index (χ2v) is 13.1. The molecule has 0 radical (unpaired) electrons. The fourth-order valence-electron chi connectivity index (χ4n) is 5.54.